The molecule has 0 bridgehead atoms. The van der Waals surface area contributed by atoms with Crippen LogP contribution in [0.2, 0.25) is 0 Å². The normalized spacial score (nSPS) is 12.6. The maximum Gasteiger partial charge on any atom is 0.164 e. The van der Waals surface area contributed by atoms with Gasteiger partial charge in [0.1, 0.15) is 17.1 Å². The molecule has 0 aliphatic heterocycles. The number of hydrogen-bond acceptors (Lipinski definition) is 5. The van der Waals surface area contributed by atoms with E-state index in [1.165, 1.54) is 32.0 Å². The molecule has 277 valence electrons. The van der Waals surface area contributed by atoms with E-state index in [0.717, 1.165) is 70.2 Å². The average Bonchev–Trinajstić information content (AvgIpc) is 3.67. The molecule has 0 amide bonds. The summed E-state index contributed by atoms with van der Waals surface area (Å²) in [4.78, 5) is 18.3. The van der Waals surface area contributed by atoms with Crippen molar-refractivity contribution < 1.29 is 34.4 Å². The Labute approximate surface area is 328 Å². The summed E-state index contributed by atoms with van der Waals surface area (Å²) in [6.07, 6.45) is 6.64. The number of carbonyl (C=O) groups is 1. The van der Waals surface area contributed by atoms with E-state index in [0.29, 0.717) is 0 Å². The first kappa shape index (κ1) is 41.2. The summed E-state index contributed by atoms with van der Waals surface area (Å²) < 4.78 is 7.89. The Hall–Kier alpha value is -3.57. The maximum absolute atomic E-state index is 12.2. The quantitative estimate of drug-likeness (QED) is 0.0892. The van der Waals surface area contributed by atoms with Crippen LogP contribution in [0.5, 0.6) is 0 Å². The predicted molar refractivity (Wildman–Crippen MR) is 218 cm³/mol. The number of thiophene rings is 1. The number of hydrogen-bond donors (Lipinski definition) is 1. The molecular weight excluding hydrogens is 839 g/mol. The van der Waals surface area contributed by atoms with Crippen LogP contribution >= 0.6 is 11.3 Å². The molecule has 0 saturated heterocycles. The van der Waals surface area contributed by atoms with Crippen molar-refractivity contribution in [3.63, 3.8) is 0 Å². The third-order valence-corrected chi connectivity index (χ3v) is 12.2. The number of fused-ring (bicyclic) bond motifs is 3. The summed E-state index contributed by atoms with van der Waals surface area (Å²) in [5, 5.41) is 14.8. The molecule has 0 atom stereocenters. The largest absolute Gasteiger partial charge is 0.512 e. The van der Waals surface area contributed by atoms with Gasteiger partial charge in [0.2, 0.25) is 0 Å². The van der Waals surface area contributed by atoms with Crippen LogP contribution in [0.3, 0.4) is 0 Å². The van der Waals surface area contributed by atoms with Gasteiger partial charge in [-0.3, -0.25) is 9.78 Å². The molecule has 0 aliphatic rings. The van der Waals surface area contributed by atoms with E-state index in [1.54, 1.807) is 0 Å². The zero-order valence-electron chi connectivity index (χ0n) is 32.7. The number of aryl methyl sites for hydroxylation is 2. The van der Waals surface area contributed by atoms with Gasteiger partial charge < -0.3 is 9.52 Å². The fraction of sp³-hybridized carbons (Fsp3) is 0.391. The van der Waals surface area contributed by atoms with Crippen LogP contribution < -0.4 is 0 Å². The molecule has 6 aromatic rings. The number of aromatic nitrogens is 1. The second-order valence-electron chi connectivity index (χ2n) is 15.5. The predicted octanol–water partition coefficient (Wildman–Crippen LogP) is 13.9. The molecule has 0 saturated carbocycles. The molecule has 0 unspecified atom stereocenters. The molecule has 3 heterocycles. The Morgan fingerprint density at radius 3 is 2.15 bits per heavy atom. The molecule has 3 aromatic heterocycles. The summed E-state index contributed by atoms with van der Waals surface area (Å²) in [6, 6.07) is 25.2. The van der Waals surface area contributed by atoms with Gasteiger partial charge in [0.15, 0.2) is 5.78 Å². The summed E-state index contributed by atoms with van der Waals surface area (Å²) >= 11 is 1.82. The Kier molecular flexibility index (Phi) is 12.8. The minimum Gasteiger partial charge on any atom is -0.512 e. The molecule has 3 aromatic carbocycles. The Balaban J connectivity index is 0.000000289. The second-order valence-corrected chi connectivity index (χ2v) is 16.8. The Morgan fingerprint density at radius 2 is 1.52 bits per heavy atom. The molecule has 1 radical (unpaired) electrons. The summed E-state index contributed by atoms with van der Waals surface area (Å²) in [6.45, 7) is 23.1. The van der Waals surface area contributed by atoms with Crippen molar-refractivity contribution in [3.05, 3.63) is 101 Å². The molecule has 1 N–H and O–H groups in total. The van der Waals surface area contributed by atoms with Crippen LogP contribution in [-0.4, -0.2) is 15.9 Å². The van der Waals surface area contributed by atoms with Crippen molar-refractivity contribution in [1.82, 2.24) is 4.98 Å². The zero-order chi connectivity index (χ0) is 37.3. The van der Waals surface area contributed by atoms with Gasteiger partial charge in [-0.25, -0.2) is 0 Å². The molecule has 0 aliphatic carbocycles. The fourth-order valence-electron chi connectivity index (χ4n) is 6.59. The molecule has 4 nitrogen and oxygen atoms in total. The third-order valence-electron chi connectivity index (χ3n) is 11.2. The Morgan fingerprint density at radius 1 is 0.865 bits per heavy atom. The van der Waals surface area contributed by atoms with E-state index in [2.05, 4.69) is 101 Å². The number of pyridine rings is 1. The van der Waals surface area contributed by atoms with E-state index in [-0.39, 0.29) is 47.9 Å². The summed E-state index contributed by atoms with van der Waals surface area (Å²) in [5.74, 6) is 1.19. The van der Waals surface area contributed by atoms with E-state index in [1.807, 2.05) is 59.1 Å². The molecule has 6 rings (SSSR count). The smallest absolute Gasteiger partial charge is 0.164 e. The van der Waals surface area contributed by atoms with Gasteiger partial charge >= 0.3 is 0 Å². The first-order chi connectivity index (χ1) is 24.1. The standard InChI is InChI=1S/C31H26NOS.C15H28O2.Ir/c1-18-14-22-16-21(10-11-27(22)34-18)29-19(2)24-12-13-32-28(30(24)33-29)23-15-20-8-6-7-9-25(20)26(17-23)31(3,4)5;1-7-14(5,8-2)12(16)11-13(17)15(6,9-3)10-4;/h6-14,16-17H,1-5H3;11,16H,7-10H2,1-6H3;/q-1;;/b;12-11-;. The number of benzene rings is 3. The van der Waals surface area contributed by atoms with Crippen LogP contribution in [0.1, 0.15) is 104 Å². The van der Waals surface area contributed by atoms with Gasteiger partial charge in [-0.05, 0) is 80.7 Å². The third kappa shape index (κ3) is 8.15. The van der Waals surface area contributed by atoms with Crippen LogP contribution in [-0.2, 0) is 30.3 Å². The Bertz CT molecular complexity index is 2220. The van der Waals surface area contributed by atoms with Crippen LogP contribution in [0.25, 0.3) is 54.4 Å². The first-order valence-corrected chi connectivity index (χ1v) is 19.2. The maximum atomic E-state index is 12.2. The molecular formula is C46H54IrNO3S-. The number of aliphatic hydroxyl groups excluding tert-OH is 1. The van der Waals surface area contributed by atoms with Crippen molar-refractivity contribution in [1.29, 1.82) is 0 Å². The number of nitrogens with zero attached hydrogens (tertiary/aromatic N) is 1. The van der Waals surface area contributed by atoms with Gasteiger partial charge in [-0.15, -0.1) is 40.5 Å². The van der Waals surface area contributed by atoms with Crippen molar-refractivity contribution in [2.24, 2.45) is 10.8 Å². The summed E-state index contributed by atoms with van der Waals surface area (Å²) in [5.41, 5.74) is 5.56. The van der Waals surface area contributed by atoms with Gasteiger partial charge in [-0.1, -0.05) is 91.5 Å². The van der Waals surface area contributed by atoms with Crippen LogP contribution in [0.15, 0.2) is 83.1 Å². The molecule has 6 heteroatoms. The minimum absolute atomic E-state index is 0. The van der Waals surface area contributed by atoms with E-state index >= 15 is 0 Å². The van der Waals surface area contributed by atoms with Crippen LogP contribution in [0.4, 0.5) is 0 Å². The second kappa shape index (κ2) is 16.2. The van der Waals surface area contributed by atoms with E-state index in [9.17, 15) is 9.90 Å². The number of allylic oxidation sites excluding steroid dienone is 2. The number of aliphatic hydroxyl groups is 1. The monoisotopic (exact) mass is 893 g/mol. The van der Waals surface area contributed by atoms with Crippen molar-refractivity contribution >= 4 is 48.9 Å². The van der Waals surface area contributed by atoms with Gasteiger partial charge in [0.05, 0.1) is 0 Å². The minimum atomic E-state index is -0.337. The summed E-state index contributed by atoms with van der Waals surface area (Å²) in [7, 11) is 0. The van der Waals surface area contributed by atoms with Crippen molar-refractivity contribution in [2.45, 2.75) is 107 Å². The number of furan rings is 1. The molecule has 52 heavy (non-hydrogen) atoms. The zero-order valence-corrected chi connectivity index (χ0v) is 35.9. The van der Waals surface area contributed by atoms with Gasteiger partial charge in [0, 0.05) is 75.0 Å². The molecule has 0 spiro atoms. The number of rotatable bonds is 9. The van der Waals surface area contributed by atoms with Gasteiger partial charge in [0.25, 0.3) is 0 Å². The van der Waals surface area contributed by atoms with Crippen molar-refractivity contribution in [2.75, 3.05) is 0 Å². The SMILES string of the molecule is CCC(C)(CC)C(=O)/C=C(\O)C(C)(CC)CC.Cc1cc2cc(-c3oc4c(-c5[c-]c6ccccc6c(C(C)(C)C)c5)nccc4c3C)ccc2s1.[Ir]. The number of ketones is 1. The van der Waals surface area contributed by atoms with Gasteiger partial charge in [-0.2, -0.15) is 0 Å². The number of carbonyl (C=O) groups excluding carboxylic acids is 1. The molecule has 0 fully saturated rings. The average molecular weight is 893 g/mol. The first-order valence-electron chi connectivity index (χ1n) is 18.4. The fourth-order valence-corrected chi connectivity index (χ4v) is 7.50. The topological polar surface area (TPSA) is 63.3 Å². The van der Waals surface area contributed by atoms with Crippen molar-refractivity contribution in [3.8, 4) is 22.6 Å². The van der Waals surface area contributed by atoms with E-state index in [4.69, 9.17) is 9.40 Å². The van der Waals surface area contributed by atoms with E-state index < -0.39 is 0 Å². The van der Waals surface area contributed by atoms with Crippen LogP contribution in [0, 0.1) is 30.7 Å².